The van der Waals surface area contributed by atoms with Gasteiger partial charge in [0.1, 0.15) is 0 Å². The van der Waals surface area contributed by atoms with Gasteiger partial charge in [0.2, 0.25) is 3.79 Å². The topological polar surface area (TPSA) is 15.3 Å². The van der Waals surface area contributed by atoms with E-state index in [1.807, 2.05) is 12.1 Å². The fraction of sp³-hybridized carbons (Fsp3) is 0.600. The molecule has 0 saturated heterocycles. The maximum Gasteiger partial charge on any atom is 0.209 e. The first-order valence-corrected chi connectivity index (χ1v) is 8.67. The fourth-order valence-corrected chi connectivity index (χ4v) is 2.90. The predicted octanol–water partition coefficient (Wildman–Crippen LogP) is 5.07. The van der Waals surface area contributed by atoms with Crippen molar-refractivity contribution in [3.8, 4) is 0 Å². The normalized spacial score (nSPS) is 13.7. The van der Waals surface area contributed by atoms with Crippen molar-refractivity contribution < 1.29 is 0 Å². The quantitative estimate of drug-likeness (QED) is 0.506. The minimum absolute atomic E-state index is 0.350. The molecule has 0 spiro atoms. The van der Waals surface area contributed by atoms with Crippen LogP contribution >= 0.6 is 46.4 Å². The number of hydrogen-bond donors (Lipinski definition) is 1. The molecule has 21 heavy (non-hydrogen) atoms. The highest BCUT2D eigenvalue weighted by molar-refractivity contribution is 6.68. The van der Waals surface area contributed by atoms with Crippen molar-refractivity contribution in [2.24, 2.45) is 0 Å². The second-order valence-electron chi connectivity index (χ2n) is 4.86. The molecule has 0 bridgehead atoms. The maximum atomic E-state index is 6.09. The van der Waals surface area contributed by atoms with Gasteiger partial charge in [-0.2, -0.15) is 0 Å². The van der Waals surface area contributed by atoms with E-state index in [9.17, 15) is 0 Å². The Morgan fingerprint density at radius 2 is 1.67 bits per heavy atom. The van der Waals surface area contributed by atoms with Gasteiger partial charge in [0, 0.05) is 5.02 Å². The lowest BCUT2D eigenvalue weighted by Crippen LogP contribution is -2.34. The Hall–Kier alpha value is 0.300. The minimum Gasteiger partial charge on any atom is -0.306 e. The molecular formula is C15H22Cl4N2. The van der Waals surface area contributed by atoms with Crippen molar-refractivity contribution in [3.63, 3.8) is 0 Å². The number of hydrogen-bond acceptors (Lipinski definition) is 2. The van der Waals surface area contributed by atoms with Crippen LogP contribution in [0, 0.1) is 0 Å². The van der Waals surface area contributed by atoms with Gasteiger partial charge in [-0.05, 0) is 50.3 Å². The van der Waals surface area contributed by atoms with E-state index >= 15 is 0 Å². The van der Waals surface area contributed by atoms with Crippen molar-refractivity contribution in [1.29, 1.82) is 0 Å². The zero-order valence-corrected chi connectivity index (χ0v) is 15.4. The molecule has 1 N–H and O–H groups in total. The fourth-order valence-electron chi connectivity index (χ4n) is 2.17. The van der Waals surface area contributed by atoms with E-state index in [0.717, 1.165) is 38.2 Å². The van der Waals surface area contributed by atoms with E-state index in [-0.39, 0.29) is 6.04 Å². The van der Waals surface area contributed by atoms with Crippen LogP contribution in [-0.4, -0.2) is 34.9 Å². The van der Waals surface area contributed by atoms with Gasteiger partial charge < -0.3 is 10.2 Å². The molecule has 1 aromatic rings. The van der Waals surface area contributed by atoms with E-state index in [2.05, 4.69) is 24.1 Å². The highest BCUT2D eigenvalue weighted by Crippen LogP contribution is 2.39. The van der Waals surface area contributed by atoms with E-state index < -0.39 is 3.79 Å². The molecule has 0 amide bonds. The monoisotopic (exact) mass is 370 g/mol. The molecule has 0 saturated carbocycles. The number of nitrogens with zero attached hydrogens (tertiary/aromatic N) is 1. The molecule has 0 heterocycles. The summed E-state index contributed by atoms with van der Waals surface area (Å²) in [4.78, 5) is 2.37. The molecule has 0 fully saturated rings. The van der Waals surface area contributed by atoms with E-state index in [1.165, 1.54) is 0 Å². The van der Waals surface area contributed by atoms with Gasteiger partial charge in [0.05, 0.1) is 6.04 Å². The first kappa shape index (κ1) is 19.3. The number of alkyl halides is 3. The molecule has 0 aliphatic rings. The Balaban J connectivity index is 2.58. The standard InChI is InChI=1S/C15H22Cl4N2/c1-3-21(4-2)11-5-10-20-14(15(17,18)19)12-6-8-13(16)9-7-12/h6-9,14,20H,3-5,10-11H2,1-2H3/t14-/m1/s1. The predicted molar refractivity (Wildman–Crippen MR) is 94.9 cm³/mol. The summed E-state index contributed by atoms with van der Waals surface area (Å²) < 4.78 is -1.40. The third-order valence-electron chi connectivity index (χ3n) is 3.42. The van der Waals surface area contributed by atoms with Gasteiger partial charge in [0.15, 0.2) is 0 Å². The first-order valence-electron chi connectivity index (χ1n) is 7.16. The Morgan fingerprint density at radius 1 is 1.10 bits per heavy atom. The van der Waals surface area contributed by atoms with Crippen molar-refractivity contribution in [2.45, 2.75) is 30.1 Å². The van der Waals surface area contributed by atoms with Crippen molar-refractivity contribution in [3.05, 3.63) is 34.9 Å². The lowest BCUT2D eigenvalue weighted by Gasteiger charge is -2.27. The molecule has 2 nitrogen and oxygen atoms in total. The van der Waals surface area contributed by atoms with Gasteiger partial charge in [-0.25, -0.2) is 0 Å². The number of benzene rings is 1. The van der Waals surface area contributed by atoms with E-state index in [4.69, 9.17) is 46.4 Å². The maximum absolute atomic E-state index is 6.09. The van der Waals surface area contributed by atoms with Gasteiger partial charge in [-0.1, -0.05) is 72.4 Å². The molecule has 0 aliphatic carbocycles. The summed E-state index contributed by atoms with van der Waals surface area (Å²) in [5.41, 5.74) is 0.919. The van der Waals surface area contributed by atoms with Crippen molar-refractivity contribution in [1.82, 2.24) is 10.2 Å². The minimum atomic E-state index is -1.40. The molecule has 0 aromatic heterocycles. The molecule has 0 radical (unpaired) electrons. The van der Waals surface area contributed by atoms with Crippen LogP contribution < -0.4 is 5.32 Å². The SMILES string of the molecule is CCN(CC)CCCN[C@H](c1ccc(Cl)cc1)C(Cl)(Cl)Cl. The summed E-state index contributed by atoms with van der Waals surface area (Å²) in [6.07, 6.45) is 1.01. The van der Waals surface area contributed by atoms with Gasteiger partial charge in [0.25, 0.3) is 0 Å². The van der Waals surface area contributed by atoms with E-state index in [1.54, 1.807) is 12.1 Å². The summed E-state index contributed by atoms with van der Waals surface area (Å²) in [6, 6.07) is 7.02. The average Bonchev–Trinajstić information content (AvgIpc) is 2.43. The number of nitrogens with one attached hydrogen (secondary N) is 1. The molecular weight excluding hydrogens is 350 g/mol. The Kier molecular flexibility index (Phi) is 8.70. The van der Waals surface area contributed by atoms with Crippen LogP contribution in [0.25, 0.3) is 0 Å². The second kappa shape index (κ2) is 9.44. The van der Waals surface area contributed by atoms with Gasteiger partial charge in [-0.3, -0.25) is 0 Å². The average molecular weight is 372 g/mol. The van der Waals surface area contributed by atoms with Crippen LogP contribution in [0.4, 0.5) is 0 Å². The molecule has 120 valence electrons. The third-order valence-corrected chi connectivity index (χ3v) is 4.33. The van der Waals surface area contributed by atoms with Crippen molar-refractivity contribution >= 4 is 46.4 Å². The van der Waals surface area contributed by atoms with Crippen molar-refractivity contribution in [2.75, 3.05) is 26.2 Å². The molecule has 1 rings (SSSR count). The number of rotatable bonds is 8. The summed E-state index contributed by atoms with van der Waals surface area (Å²) in [5.74, 6) is 0. The van der Waals surface area contributed by atoms with Gasteiger partial charge >= 0.3 is 0 Å². The highest BCUT2D eigenvalue weighted by Gasteiger charge is 2.33. The van der Waals surface area contributed by atoms with Crippen LogP contribution in [0.15, 0.2) is 24.3 Å². The molecule has 6 heteroatoms. The summed E-state index contributed by atoms with van der Waals surface area (Å²) in [7, 11) is 0. The summed E-state index contributed by atoms with van der Waals surface area (Å²) in [6.45, 7) is 8.26. The van der Waals surface area contributed by atoms with Crippen LogP contribution in [-0.2, 0) is 0 Å². The molecule has 0 unspecified atom stereocenters. The Morgan fingerprint density at radius 3 is 2.14 bits per heavy atom. The highest BCUT2D eigenvalue weighted by atomic mass is 35.6. The molecule has 1 aromatic carbocycles. The largest absolute Gasteiger partial charge is 0.306 e. The summed E-state index contributed by atoms with van der Waals surface area (Å²) >= 11 is 24.2. The zero-order chi connectivity index (χ0) is 15.9. The second-order valence-corrected chi connectivity index (χ2v) is 7.67. The summed E-state index contributed by atoms with van der Waals surface area (Å²) in [5, 5.41) is 4.00. The van der Waals surface area contributed by atoms with Gasteiger partial charge in [-0.15, -0.1) is 0 Å². The lowest BCUT2D eigenvalue weighted by atomic mass is 10.1. The lowest BCUT2D eigenvalue weighted by molar-refractivity contribution is 0.295. The van der Waals surface area contributed by atoms with Crippen LogP contribution in [0.1, 0.15) is 31.9 Å². The first-order chi connectivity index (χ1) is 9.88. The van der Waals surface area contributed by atoms with Crippen LogP contribution in [0.3, 0.4) is 0 Å². The smallest absolute Gasteiger partial charge is 0.209 e. The number of halogens is 4. The molecule has 0 aliphatic heterocycles. The molecule has 1 atom stereocenters. The Bertz CT molecular complexity index is 399. The van der Waals surface area contributed by atoms with E-state index in [0.29, 0.717) is 5.02 Å². The van der Waals surface area contributed by atoms with Crippen LogP contribution in [0.5, 0.6) is 0 Å². The van der Waals surface area contributed by atoms with Crippen LogP contribution in [0.2, 0.25) is 5.02 Å². The third kappa shape index (κ3) is 6.94. The Labute approximate surface area is 147 Å². The zero-order valence-electron chi connectivity index (χ0n) is 12.4.